The highest BCUT2D eigenvalue weighted by Crippen LogP contribution is 2.40. The fourth-order valence-electron chi connectivity index (χ4n) is 7.01. The number of aliphatic imine (C=N–C) groups is 2. The molecule has 0 radical (unpaired) electrons. The van der Waals surface area contributed by atoms with E-state index in [4.69, 9.17) is 9.98 Å². The summed E-state index contributed by atoms with van der Waals surface area (Å²) >= 11 is 0. The SMILES string of the molecule is CC12N=C(c3ccc(/C=C/C(=O)NCCc4ccccc4)cc3)N=C1C(=O)N(C1CCCCC1)C(=O)N2C1CCCCC1. The first-order valence-corrected chi connectivity index (χ1v) is 15.9. The molecule has 224 valence electrons. The molecule has 2 heterocycles. The van der Waals surface area contributed by atoms with Crippen molar-refractivity contribution in [1.82, 2.24) is 15.1 Å². The summed E-state index contributed by atoms with van der Waals surface area (Å²) in [6, 6.07) is 17.5. The number of imide groups is 1. The van der Waals surface area contributed by atoms with Gasteiger partial charge in [0.2, 0.25) is 5.91 Å². The Bertz CT molecular complexity index is 1440. The van der Waals surface area contributed by atoms with Gasteiger partial charge in [-0.3, -0.25) is 19.4 Å². The summed E-state index contributed by atoms with van der Waals surface area (Å²) < 4.78 is 0. The van der Waals surface area contributed by atoms with E-state index in [1.165, 1.54) is 23.0 Å². The number of amides is 4. The maximum Gasteiger partial charge on any atom is 0.329 e. The van der Waals surface area contributed by atoms with Crippen LogP contribution in [0.3, 0.4) is 0 Å². The van der Waals surface area contributed by atoms with E-state index >= 15 is 0 Å². The Morgan fingerprint density at radius 3 is 2.23 bits per heavy atom. The number of carbonyl (C=O) groups excluding carboxylic acids is 3. The second-order valence-electron chi connectivity index (χ2n) is 12.3. The number of hydrogen-bond donors (Lipinski definition) is 1. The Morgan fingerprint density at radius 1 is 0.907 bits per heavy atom. The summed E-state index contributed by atoms with van der Waals surface area (Å²) in [5.41, 5.74) is 2.09. The van der Waals surface area contributed by atoms with Crippen LogP contribution in [-0.2, 0) is 16.0 Å². The van der Waals surface area contributed by atoms with Crippen LogP contribution in [0.2, 0.25) is 0 Å². The maximum absolute atomic E-state index is 14.1. The molecule has 43 heavy (non-hydrogen) atoms. The number of carbonyl (C=O) groups is 3. The largest absolute Gasteiger partial charge is 0.352 e. The van der Waals surface area contributed by atoms with E-state index in [1.54, 1.807) is 6.08 Å². The first-order chi connectivity index (χ1) is 20.9. The number of urea groups is 1. The molecule has 1 unspecified atom stereocenters. The third-order valence-electron chi connectivity index (χ3n) is 9.32. The Balaban J connectivity index is 1.19. The van der Waals surface area contributed by atoms with Gasteiger partial charge in [0.15, 0.2) is 17.2 Å². The first-order valence-electron chi connectivity index (χ1n) is 15.9. The Morgan fingerprint density at radius 2 is 1.56 bits per heavy atom. The number of nitrogens with zero attached hydrogens (tertiary/aromatic N) is 4. The highest BCUT2D eigenvalue weighted by atomic mass is 16.2. The molecule has 6 rings (SSSR count). The number of hydrogen-bond acceptors (Lipinski definition) is 5. The van der Waals surface area contributed by atoms with Gasteiger partial charge in [0.1, 0.15) is 0 Å². The van der Waals surface area contributed by atoms with Crippen molar-refractivity contribution >= 4 is 35.5 Å². The molecule has 0 aromatic heterocycles. The molecule has 8 heteroatoms. The van der Waals surface area contributed by atoms with Gasteiger partial charge >= 0.3 is 6.03 Å². The van der Waals surface area contributed by atoms with E-state index in [2.05, 4.69) is 5.32 Å². The smallest absolute Gasteiger partial charge is 0.329 e. The van der Waals surface area contributed by atoms with Gasteiger partial charge in [-0.2, -0.15) is 0 Å². The minimum absolute atomic E-state index is 0.0464. The van der Waals surface area contributed by atoms with Crippen LogP contribution < -0.4 is 5.32 Å². The van der Waals surface area contributed by atoms with Crippen molar-refractivity contribution < 1.29 is 14.4 Å². The van der Waals surface area contributed by atoms with Crippen molar-refractivity contribution in [1.29, 1.82) is 0 Å². The average molecular weight is 580 g/mol. The number of fused-ring (bicyclic) bond motifs is 1. The molecule has 0 spiro atoms. The van der Waals surface area contributed by atoms with E-state index in [0.717, 1.165) is 75.3 Å². The topological polar surface area (TPSA) is 94.4 Å². The van der Waals surface area contributed by atoms with Gasteiger partial charge in [0, 0.05) is 30.3 Å². The van der Waals surface area contributed by atoms with Gasteiger partial charge in [-0.15, -0.1) is 0 Å². The fraction of sp³-hybridized carbons (Fsp3) is 0.457. The summed E-state index contributed by atoms with van der Waals surface area (Å²) in [5, 5.41) is 2.93. The van der Waals surface area contributed by atoms with E-state index in [-0.39, 0.29) is 29.9 Å². The lowest BCUT2D eigenvalue weighted by molar-refractivity contribution is -0.127. The molecular formula is C35H41N5O3. The van der Waals surface area contributed by atoms with E-state index in [9.17, 15) is 14.4 Å². The van der Waals surface area contributed by atoms with Crippen molar-refractivity contribution in [3.8, 4) is 0 Å². The summed E-state index contributed by atoms with van der Waals surface area (Å²) in [6.07, 6.45) is 14.2. The Kier molecular flexibility index (Phi) is 8.54. The van der Waals surface area contributed by atoms with Crippen LogP contribution in [0.4, 0.5) is 4.79 Å². The zero-order valence-corrected chi connectivity index (χ0v) is 25.0. The highest BCUT2D eigenvalue weighted by Gasteiger charge is 2.57. The molecule has 2 aliphatic carbocycles. The van der Waals surface area contributed by atoms with Crippen LogP contribution in [0.1, 0.15) is 87.8 Å². The molecule has 1 N–H and O–H groups in total. The Labute approximate surface area is 254 Å². The summed E-state index contributed by atoms with van der Waals surface area (Å²) in [6.45, 7) is 2.46. The van der Waals surface area contributed by atoms with Crippen LogP contribution in [0.5, 0.6) is 0 Å². The predicted molar refractivity (Wildman–Crippen MR) is 169 cm³/mol. The highest BCUT2D eigenvalue weighted by molar-refractivity contribution is 6.49. The van der Waals surface area contributed by atoms with Crippen molar-refractivity contribution in [3.05, 3.63) is 77.4 Å². The molecule has 2 aliphatic heterocycles. The van der Waals surface area contributed by atoms with Crippen molar-refractivity contribution in [2.75, 3.05) is 6.54 Å². The summed E-state index contributed by atoms with van der Waals surface area (Å²) in [7, 11) is 0. The fourth-order valence-corrected chi connectivity index (χ4v) is 7.01. The lowest BCUT2D eigenvalue weighted by Gasteiger charge is -2.50. The number of nitrogens with one attached hydrogen (secondary N) is 1. The van der Waals surface area contributed by atoms with Gasteiger partial charge < -0.3 is 5.32 Å². The molecular weight excluding hydrogens is 538 g/mol. The van der Waals surface area contributed by atoms with Crippen molar-refractivity contribution in [2.45, 2.75) is 95.3 Å². The monoisotopic (exact) mass is 579 g/mol. The van der Waals surface area contributed by atoms with Crippen LogP contribution in [0, 0.1) is 0 Å². The molecule has 8 nitrogen and oxygen atoms in total. The minimum Gasteiger partial charge on any atom is -0.352 e. The molecule has 4 aliphatic rings. The standard InChI is InChI=1S/C35H41N5O3/c1-35-31(33(42)39(28-13-7-3-8-14-28)34(43)40(35)29-15-9-4-10-16-29)37-32(38-35)27-20-17-26(18-21-27)19-22-30(41)36-24-23-25-11-5-2-6-12-25/h2,5-6,11-12,17-22,28-29H,3-4,7-10,13-16,23-24H2,1H3,(H,36,41)/b22-19+. The quantitative estimate of drug-likeness (QED) is 0.394. The number of amidine groups is 1. The normalized spacial score (nSPS) is 23.4. The van der Waals surface area contributed by atoms with Crippen LogP contribution in [0.15, 0.2) is 70.7 Å². The average Bonchev–Trinajstić information content (AvgIpc) is 3.40. The lowest BCUT2D eigenvalue weighted by Crippen LogP contribution is -2.71. The number of benzene rings is 2. The second-order valence-corrected chi connectivity index (χ2v) is 12.3. The third kappa shape index (κ3) is 6.05. The minimum atomic E-state index is -1.10. The van der Waals surface area contributed by atoms with Gasteiger partial charge in [-0.05, 0) is 56.2 Å². The molecule has 2 aromatic rings. The first kappa shape index (κ1) is 29.0. The molecule has 0 bridgehead atoms. The van der Waals surface area contributed by atoms with Crippen LogP contribution in [-0.4, -0.2) is 63.5 Å². The predicted octanol–water partition coefficient (Wildman–Crippen LogP) is 5.91. The van der Waals surface area contributed by atoms with Gasteiger partial charge in [-0.25, -0.2) is 14.8 Å². The zero-order chi connectivity index (χ0) is 29.8. The molecule has 3 fully saturated rings. The summed E-state index contributed by atoms with van der Waals surface area (Å²) in [4.78, 5) is 53.6. The number of rotatable bonds is 8. The second kappa shape index (κ2) is 12.7. The van der Waals surface area contributed by atoms with Crippen LogP contribution in [0.25, 0.3) is 6.08 Å². The van der Waals surface area contributed by atoms with E-state index in [0.29, 0.717) is 18.1 Å². The lowest BCUT2D eigenvalue weighted by atomic mass is 9.88. The van der Waals surface area contributed by atoms with Gasteiger partial charge in [-0.1, -0.05) is 93.1 Å². The zero-order valence-electron chi connectivity index (χ0n) is 25.0. The van der Waals surface area contributed by atoms with E-state index < -0.39 is 5.66 Å². The molecule has 1 saturated heterocycles. The maximum atomic E-state index is 14.1. The third-order valence-corrected chi connectivity index (χ3v) is 9.32. The van der Waals surface area contributed by atoms with Gasteiger partial charge in [0.25, 0.3) is 5.91 Å². The van der Waals surface area contributed by atoms with Gasteiger partial charge in [0.05, 0.1) is 0 Å². The van der Waals surface area contributed by atoms with Crippen LogP contribution >= 0.6 is 0 Å². The Hall–Kier alpha value is -4.07. The molecule has 4 amide bonds. The van der Waals surface area contributed by atoms with E-state index in [1.807, 2.05) is 66.4 Å². The van der Waals surface area contributed by atoms with Crippen molar-refractivity contribution in [3.63, 3.8) is 0 Å². The molecule has 1 atom stereocenters. The molecule has 2 aromatic carbocycles. The summed E-state index contributed by atoms with van der Waals surface area (Å²) in [5.74, 6) is 0.0410. The van der Waals surface area contributed by atoms with Crippen molar-refractivity contribution in [2.24, 2.45) is 9.98 Å². The molecule has 2 saturated carbocycles.